The van der Waals surface area contributed by atoms with Gasteiger partial charge in [0.05, 0.1) is 17.7 Å². The highest BCUT2D eigenvalue weighted by Crippen LogP contribution is 2.25. The number of amides is 1. The molecular weight excluding hydrogens is 335 g/mol. The van der Waals surface area contributed by atoms with Crippen LogP contribution < -0.4 is 10.2 Å². The first-order valence-corrected chi connectivity index (χ1v) is 8.60. The van der Waals surface area contributed by atoms with Gasteiger partial charge >= 0.3 is 0 Å². The van der Waals surface area contributed by atoms with E-state index in [2.05, 4.69) is 20.2 Å². The van der Waals surface area contributed by atoms with Crippen molar-refractivity contribution < 1.29 is 13.9 Å². The normalized spacial score (nSPS) is 19.6. The molecule has 2 atom stereocenters. The molecule has 1 aliphatic rings. The number of ether oxygens (including phenoxy) is 1. The van der Waals surface area contributed by atoms with E-state index in [0.717, 1.165) is 23.5 Å². The number of hydrogen-bond acceptors (Lipinski definition) is 5. The summed E-state index contributed by atoms with van der Waals surface area (Å²) in [7, 11) is 1.68. The van der Waals surface area contributed by atoms with Crippen molar-refractivity contribution in [3.63, 3.8) is 0 Å². The molecule has 1 saturated heterocycles. The van der Waals surface area contributed by atoms with Crippen LogP contribution in [0.3, 0.4) is 0 Å². The Kier molecular flexibility index (Phi) is 5.46. The van der Waals surface area contributed by atoms with Gasteiger partial charge in [-0.25, -0.2) is 14.4 Å². The molecule has 1 amide bonds. The molecule has 1 aliphatic heterocycles. The van der Waals surface area contributed by atoms with E-state index in [1.807, 2.05) is 19.9 Å². The fourth-order valence-electron chi connectivity index (χ4n) is 3.23. The summed E-state index contributed by atoms with van der Waals surface area (Å²) in [5.41, 5.74) is 1.78. The molecule has 7 heteroatoms. The lowest BCUT2D eigenvalue weighted by atomic mass is 10.1. The SMILES string of the molecule is CO[C@H]1C[C@@H](CNC(=O)c2cc(C)ccc2F)N(c2cc(C)ncn2)C1. The number of carbonyl (C=O) groups is 1. The molecule has 3 rings (SSSR count). The van der Waals surface area contributed by atoms with E-state index in [0.29, 0.717) is 13.1 Å². The van der Waals surface area contributed by atoms with E-state index in [-0.39, 0.29) is 17.7 Å². The molecular formula is C19H23FN4O2. The first-order chi connectivity index (χ1) is 12.5. The minimum atomic E-state index is -0.516. The number of carbonyl (C=O) groups excluding carboxylic acids is 1. The van der Waals surface area contributed by atoms with Crippen molar-refractivity contribution in [3.05, 3.63) is 53.2 Å². The average molecular weight is 358 g/mol. The maximum absolute atomic E-state index is 13.9. The summed E-state index contributed by atoms with van der Waals surface area (Å²) in [6.45, 7) is 4.81. The summed E-state index contributed by atoms with van der Waals surface area (Å²) in [6, 6.07) is 6.45. The Balaban J connectivity index is 1.72. The molecule has 0 spiro atoms. The van der Waals surface area contributed by atoms with Gasteiger partial charge in [-0.05, 0) is 32.4 Å². The summed E-state index contributed by atoms with van der Waals surface area (Å²) in [4.78, 5) is 23.0. The second-order valence-electron chi connectivity index (χ2n) is 6.61. The molecule has 2 heterocycles. The van der Waals surface area contributed by atoms with Gasteiger partial charge in [-0.2, -0.15) is 0 Å². The van der Waals surface area contributed by atoms with Crippen LogP contribution in [0.4, 0.5) is 10.2 Å². The number of methoxy groups -OCH3 is 1. The van der Waals surface area contributed by atoms with Gasteiger partial charge in [0.25, 0.3) is 5.91 Å². The number of hydrogen-bond donors (Lipinski definition) is 1. The molecule has 2 aromatic rings. The van der Waals surface area contributed by atoms with Crippen LogP contribution in [-0.4, -0.2) is 48.2 Å². The molecule has 138 valence electrons. The summed E-state index contributed by atoms with van der Waals surface area (Å²) in [5, 5.41) is 2.85. The highest BCUT2D eigenvalue weighted by atomic mass is 19.1. The molecule has 1 fully saturated rings. The summed E-state index contributed by atoms with van der Waals surface area (Å²) >= 11 is 0. The Bertz CT molecular complexity index is 799. The van der Waals surface area contributed by atoms with Crippen LogP contribution in [0.5, 0.6) is 0 Å². The third-order valence-electron chi connectivity index (χ3n) is 4.66. The van der Waals surface area contributed by atoms with Gasteiger partial charge in [0, 0.05) is 32.0 Å². The number of benzene rings is 1. The number of nitrogens with zero attached hydrogens (tertiary/aromatic N) is 3. The van der Waals surface area contributed by atoms with E-state index in [1.54, 1.807) is 19.2 Å². The third-order valence-corrected chi connectivity index (χ3v) is 4.66. The second kappa shape index (κ2) is 7.78. The largest absolute Gasteiger partial charge is 0.380 e. The lowest BCUT2D eigenvalue weighted by Gasteiger charge is -2.25. The van der Waals surface area contributed by atoms with Crippen LogP contribution in [0, 0.1) is 19.7 Å². The zero-order valence-corrected chi connectivity index (χ0v) is 15.2. The van der Waals surface area contributed by atoms with Crippen molar-refractivity contribution in [3.8, 4) is 0 Å². The van der Waals surface area contributed by atoms with E-state index in [4.69, 9.17) is 4.74 Å². The van der Waals surface area contributed by atoms with Gasteiger partial charge in [0.15, 0.2) is 0 Å². The fourth-order valence-corrected chi connectivity index (χ4v) is 3.23. The molecule has 0 unspecified atom stereocenters. The molecule has 0 bridgehead atoms. The average Bonchev–Trinajstić information content (AvgIpc) is 3.05. The van der Waals surface area contributed by atoms with Gasteiger partial charge < -0.3 is 15.0 Å². The molecule has 0 saturated carbocycles. The van der Waals surface area contributed by atoms with E-state index in [9.17, 15) is 9.18 Å². The monoisotopic (exact) mass is 358 g/mol. The lowest BCUT2D eigenvalue weighted by molar-refractivity contribution is 0.0942. The van der Waals surface area contributed by atoms with Crippen molar-refractivity contribution in [2.45, 2.75) is 32.4 Å². The second-order valence-corrected chi connectivity index (χ2v) is 6.61. The van der Waals surface area contributed by atoms with Gasteiger partial charge in [0.2, 0.25) is 0 Å². The quantitative estimate of drug-likeness (QED) is 0.888. The van der Waals surface area contributed by atoms with Crippen molar-refractivity contribution in [1.29, 1.82) is 0 Å². The topological polar surface area (TPSA) is 67.3 Å². The predicted molar refractivity (Wildman–Crippen MR) is 96.8 cm³/mol. The van der Waals surface area contributed by atoms with Gasteiger partial charge in [-0.3, -0.25) is 4.79 Å². The Labute approximate surface area is 152 Å². The van der Waals surface area contributed by atoms with Crippen LogP contribution in [0.25, 0.3) is 0 Å². The smallest absolute Gasteiger partial charge is 0.254 e. The van der Waals surface area contributed by atoms with Gasteiger partial charge in [-0.1, -0.05) is 11.6 Å². The van der Waals surface area contributed by atoms with Crippen LogP contribution in [0.2, 0.25) is 0 Å². The van der Waals surface area contributed by atoms with Crippen LogP contribution >= 0.6 is 0 Å². The minimum Gasteiger partial charge on any atom is -0.380 e. The maximum Gasteiger partial charge on any atom is 0.254 e. The van der Waals surface area contributed by atoms with Gasteiger partial charge in [-0.15, -0.1) is 0 Å². The highest BCUT2D eigenvalue weighted by Gasteiger charge is 2.33. The first kappa shape index (κ1) is 18.3. The number of nitrogens with one attached hydrogen (secondary N) is 1. The molecule has 1 N–H and O–H groups in total. The highest BCUT2D eigenvalue weighted by molar-refractivity contribution is 5.94. The summed E-state index contributed by atoms with van der Waals surface area (Å²) in [6.07, 6.45) is 2.35. The first-order valence-electron chi connectivity index (χ1n) is 8.60. The molecule has 0 radical (unpaired) electrons. The summed E-state index contributed by atoms with van der Waals surface area (Å²) in [5.74, 6) is -0.124. The Hall–Kier alpha value is -2.54. The Morgan fingerprint density at radius 1 is 1.35 bits per heavy atom. The molecule has 1 aromatic heterocycles. The fraction of sp³-hybridized carbons (Fsp3) is 0.421. The van der Waals surface area contributed by atoms with Crippen LogP contribution in [-0.2, 0) is 4.74 Å². The number of aryl methyl sites for hydroxylation is 2. The van der Waals surface area contributed by atoms with Crippen molar-refractivity contribution >= 4 is 11.7 Å². The van der Waals surface area contributed by atoms with Crippen molar-refractivity contribution in [2.24, 2.45) is 0 Å². The Morgan fingerprint density at radius 3 is 2.88 bits per heavy atom. The van der Waals surface area contributed by atoms with Crippen molar-refractivity contribution in [1.82, 2.24) is 15.3 Å². The maximum atomic E-state index is 13.9. The molecule has 1 aromatic carbocycles. The molecule has 26 heavy (non-hydrogen) atoms. The molecule has 6 nitrogen and oxygen atoms in total. The predicted octanol–water partition coefficient (Wildman–Crippen LogP) is 2.26. The van der Waals surface area contributed by atoms with E-state index in [1.165, 1.54) is 12.4 Å². The molecule has 0 aliphatic carbocycles. The van der Waals surface area contributed by atoms with Crippen LogP contribution in [0.1, 0.15) is 28.0 Å². The number of aromatic nitrogens is 2. The van der Waals surface area contributed by atoms with Crippen LogP contribution in [0.15, 0.2) is 30.6 Å². The van der Waals surface area contributed by atoms with Gasteiger partial charge in [0.1, 0.15) is 18.0 Å². The minimum absolute atomic E-state index is 0.0195. The number of rotatable bonds is 5. The van der Waals surface area contributed by atoms with E-state index >= 15 is 0 Å². The zero-order valence-electron chi connectivity index (χ0n) is 15.2. The summed E-state index contributed by atoms with van der Waals surface area (Å²) < 4.78 is 19.4. The third kappa shape index (κ3) is 3.99. The van der Waals surface area contributed by atoms with E-state index < -0.39 is 11.7 Å². The number of anilines is 1. The zero-order chi connectivity index (χ0) is 18.7. The standard InChI is InChI=1S/C19H23FN4O2/c1-12-4-5-17(20)16(6-12)19(25)21-9-14-8-15(26-3)10-24(14)18-7-13(2)22-11-23-18/h4-7,11,14-15H,8-10H2,1-3H3,(H,21,25)/t14-,15-/m0/s1. The van der Waals surface area contributed by atoms with Crippen molar-refractivity contribution in [2.75, 3.05) is 25.1 Å². The number of halogens is 1. The lowest BCUT2D eigenvalue weighted by Crippen LogP contribution is -2.40. The Morgan fingerprint density at radius 2 is 2.15 bits per heavy atom.